The summed E-state index contributed by atoms with van der Waals surface area (Å²) in [5, 5.41) is 14.1. The van der Waals surface area contributed by atoms with E-state index < -0.39 is 0 Å². The van der Waals surface area contributed by atoms with Crippen LogP contribution in [-0.2, 0) is 0 Å². The van der Waals surface area contributed by atoms with Crippen LogP contribution in [0, 0.1) is 16.0 Å². The van der Waals surface area contributed by atoms with E-state index in [1.807, 2.05) is 12.1 Å². The van der Waals surface area contributed by atoms with E-state index in [9.17, 15) is 10.1 Å². The summed E-state index contributed by atoms with van der Waals surface area (Å²) in [5.41, 5.74) is 1.43. The third kappa shape index (κ3) is 2.47. The Kier molecular flexibility index (Phi) is 2.59. The molecule has 0 radical (unpaired) electrons. The molecule has 4 nitrogen and oxygen atoms in total. The van der Waals surface area contributed by atoms with Crippen molar-refractivity contribution in [3.8, 4) is 0 Å². The Bertz CT molecular complexity index is 426. The zero-order valence-corrected chi connectivity index (χ0v) is 9.63. The molecule has 0 heterocycles. The van der Waals surface area contributed by atoms with Gasteiger partial charge in [-0.25, -0.2) is 0 Å². The van der Waals surface area contributed by atoms with E-state index in [-0.39, 0.29) is 10.6 Å². The molecule has 4 heteroatoms. The predicted octanol–water partition coefficient (Wildman–Crippen LogP) is 2.45. The van der Waals surface area contributed by atoms with Crippen molar-refractivity contribution in [1.29, 1.82) is 0 Å². The van der Waals surface area contributed by atoms with E-state index in [1.54, 1.807) is 12.1 Å². The molecular weight excluding hydrogens is 216 g/mol. The van der Waals surface area contributed by atoms with Crippen LogP contribution in [0.3, 0.4) is 0 Å². The lowest BCUT2D eigenvalue weighted by Crippen LogP contribution is -2.19. The molecule has 2 atom stereocenters. The molecule has 0 bridgehead atoms. The fourth-order valence-electron chi connectivity index (χ4n) is 2.33. The van der Waals surface area contributed by atoms with Crippen molar-refractivity contribution in [2.24, 2.45) is 5.92 Å². The summed E-state index contributed by atoms with van der Waals surface area (Å²) in [4.78, 5) is 10.2. The van der Waals surface area contributed by atoms with Crippen LogP contribution in [0.5, 0.6) is 0 Å². The van der Waals surface area contributed by atoms with Crippen molar-refractivity contribution >= 4 is 5.69 Å². The Morgan fingerprint density at radius 2 is 2.00 bits per heavy atom. The lowest BCUT2D eigenvalue weighted by atomic mass is 10.1. The number of nitrogens with one attached hydrogen (secondary N) is 1. The summed E-state index contributed by atoms with van der Waals surface area (Å²) in [5.74, 6) is 1.35. The van der Waals surface area contributed by atoms with Crippen molar-refractivity contribution in [3.63, 3.8) is 0 Å². The maximum absolute atomic E-state index is 10.5. The van der Waals surface area contributed by atoms with Crippen molar-refractivity contribution < 1.29 is 4.92 Å². The Labute approximate surface area is 100 Å². The van der Waals surface area contributed by atoms with Gasteiger partial charge in [-0.05, 0) is 43.2 Å². The molecule has 2 unspecified atom stereocenters. The predicted molar refractivity (Wildman–Crippen MR) is 65.0 cm³/mol. The minimum atomic E-state index is -0.344. The van der Waals surface area contributed by atoms with E-state index in [4.69, 9.17) is 0 Å². The third-order valence-electron chi connectivity index (χ3n) is 3.70. The lowest BCUT2D eigenvalue weighted by molar-refractivity contribution is -0.384. The number of hydrogen-bond donors (Lipinski definition) is 1. The standard InChI is InChI=1S/C13H16N2O2/c16-15(17)12-5-1-9(2-6-12)13-7-10(13)8-14-11-3-4-11/h1-2,5-6,10-11,13-14H,3-4,7-8H2. The highest BCUT2D eigenvalue weighted by molar-refractivity contribution is 5.36. The molecule has 2 aliphatic rings. The van der Waals surface area contributed by atoms with Crippen molar-refractivity contribution in [2.45, 2.75) is 31.2 Å². The molecule has 1 N–H and O–H groups in total. The van der Waals surface area contributed by atoms with E-state index in [0.717, 1.165) is 18.5 Å². The van der Waals surface area contributed by atoms with Crippen molar-refractivity contribution in [1.82, 2.24) is 5.32 Å². The summed E-state index contributed by atoms with van der Waals surface area (Å²) in [6.07, 6.45) is 3.88. The molecule has 2 fully saturated rings. The van der Waals surface area contributed by atoms with Crippen LogP contribution >= 0.6 is 0 Å². The quantitative estimate of drug-likeness (QED) is 0.626. The molecule has 0 amide bonds. The summed E-state index contributed by atoms with van der Waals surface area (Å²) in [6.45, 7) is 1.10. The highest BCUT2D eigenvalue weighted by Gasteiger charge is 2.38. The van der Waals surface area contributed by atoms with Gasteiger partial charge in [0, 0.05) is 18.2 Å². The minimum Gasteiger partial charge on any atom is -0.314 e. The van der Waals surface area contributed by atoms with Gasteiger partial charge in [0.15, 0.2) is 0 Å². The number of non-ortho nitro benzene ring substituents is 1. The van der Waals surface area contributed by atoms with Gasteiger partial charge in [0.1, 0.15) is 0 Å². The van der Waals surface area contributed by atoms with Gasteiger partial charge in [0.05, 0.1) is 4.92 Å². The maximum atomic E-state index is 10.5. The monoisotopic (exact) mass is 232 g/mol. The fourth-order valence-corrected chi connectivity index (χ4v) is 2.33. The SMILES string of the molecule is O=[N+]([O-])c1ccc(C2CC2CNC2CC2)cc1. The third-order valence-corrected chi connectivity index (χ3v) is 3.70. The highest BCUT2D eigenvalue weighted by Crippen LogP contribution is 2.47. The van der Waals surface area contributed by atoms with Crippen LogP contribution in [0.1, 0.15) is 30.7 Å². The van der Waals surface area contributed by atoms with Gasteiger partial charge in [-0.2, -0.15) is 0 Å². The first-order chi connectivity index (χ1) is 8.24. The number of nitrogens with zero attached hydrogens (tertiary/aromatic N) is 1. The summed E-state index contributed by atoms with van der Waals surface area (Å²) >= 11 is 0. The largest absolute Gasteiger partial charge is 0.314 e. The average Bonchev–Trinajstić information content (AvgIpc) is 3.21. The molecule has 0 aliphatic heterocycles. The van der Waals surface area contributed by atoms with Gasteiger partial charge < -0.3 is 5.32 Å². The van der Waals surface area contributed by atoms with Crippen LogP contribution in [0.15, 0.2) is 24.3 Å². The zero-order valence-electron chi connectivity index (χ0n) is 9.63. The van der Waals surface area contributed by atoms with Crippen LogP contribution < -0.4 is 5.32 Å². The van der Waals surface area contributed by atoms with E-state index in [2.05, 4.69) is 5.32 Å². The summed E-state index contributed by atoms with van der Waals surface area (Å²) in [6, 6.07) is 7.80. The number of nitro groups is 1. The first-order valence-corrected chi connectivity index (χ1v) is 6.22. The molecule has 0 aromatic heterocycles. The van der Waals surface area contributed by atoms with Gasteiger partial charge in [-0.1, -0.05) is 12.1 Å². The van der Waals surface area contributed by atoms with E-state index in [0.29, 0.717) is 5.92 Å². The van der Waals surface area contributed by atoms with Gasteiger partial charge in [-0.3, -0.25) is 10.1 Å². The second-order valence-corrected chi connectivity index (χ2v) is 5.13. The Hall–Kier alpha value is -1.42. The second kappa shape index (κ2) is 4.11. The minimum absolute atomic E-state index is 0.182. The molecule has 2 aliphatic carbocycles. The topological polar surface area (TPSA) is 55.2 Å². The lowest BCUT2D eigenvalue weighted by Gasteiger charge is -2.02. The van der Waals surface area contributed by atoms with E-state index >= 15 is 0 Å². The molecule has 0 saturated heterocycles. The second-order valence-electron chi connectivity index (χ2n) is 5.13. The molecular formula is C13H16N2O2. The molecule has 17 heavy (non-hydrogen) atoms. The molecule has 3 rings (SSSR count). The van der Waals surface area contributed by atoms with E-state index in [1.165, 1.54) is 24.8 Å². The van der Waals surface area contributed by atoms with Crippen LogP contribution in [-0.4, -0.2) is 17.5 Å². The first kappa shape index (κ1) is 10.7. The van der Waals surface area contributed by atoms with Gasteiger partial charge in [0.2, 0.25) is 0 Å². The summed E-state index contributed by atoms with van der Waals surface area (Å²) in [7, 11) is 0. The van der Waals surface area contributed by atoms with Crippen molar-refractivity contribution in [2.75, 3.05) is 6.54 Å². The number of benzene rings is 1. The molecule has 0 spiro atoms. The molecule has 1 aromatic rings. The Balaban J connectivity index is 1.56. The van der Waals surface area contributed by atoms with Crippen LogP contribution in [0.4, 0.5) is 5.69 Å². The van der Waals surface area contributed by atoms with Gasteiger partial charge >= 0.3 is 0 Å². The first-order valence-electron chi connectivity index (χ1n) is 6.22. The zero-order chi connectivity index (χ0) is 11.8. The number of hydrogen-bond acceptors (Lipinski definition) is 3. The fraction of sp³-hybridized carbons (Fsp3) is 0.538. The average molecular weight is 232 g/mol. The number of nitro benzene ring substituents is 1. The normalized spacial score (nSPS) is 26.8. The van der Waals surface area contributed by atoms with Gasteiger partial charge in [0.25, 0.3) is 5.69 Å². The molecule has 2 saturated carbocycles. The summed E-state index contributed by atoms with van der Waals surface area (Å²) < 4.78 is 0. The molecule has 90 valence electrons. The number of rotatable bonds is 5. The Morgan fingerprint density at radius 1 is 1.29 bits per heavy atom. The highest BCUT2D eigenvalue weighted by atomic mass is 16.6. The maximum Gasteiger partial charge on any atom is 0.269 e. The van der Waals surface area contributed by atoms with Crippen LogP contribution in [0.2, 0.25) is 0 Å². The smallest absolute Gasteiger partial charge is 0.269 e. The van der Waals surface area contributed by atoms with Crippen LogP contribution in [0.25, 0.3) is 0 Å². The molecule has 1 aromatic carbocycles. The Morgan fingerprint density at radius 3 is 2.59 bits per heavy atom. The van der Waals surface area contributed by atoms with Crippen molar-refractivity contribution in [3.05, 3.63) is 39.9 Å². The van der Waals surface area contributed by atoms with Gasteiger partial charge in [-0.15, -0.1) is 0 Å².